The van der Waals surface area contributed by atoms with Crippen LogP contribution in [0.1, 0.15) is 37.0 Å². The van der Waals surface area contributed by atoms with Gasteiger partial charge in [0.25, 0.3) is 0 Å². The number of allylic oxidation sites excluding steroid dienone is 1. The van der Waals surface area contributed by atoms with Gasteiger partial charge in [0.05, 0.1) is 6.10 Å². The number of rotatable bonds is 4. The zero-order valence-electron chi connectivity index (χ0n) is 11.2. The van der Waals surface area contributed by atoms with Gasteiger partial charge >= 0.3 is 5.97 Å². The fourth-order valence-electron chi connectivity index (χ4n) is 1.76. The Kier molecular flexibility index (Phi) is 4.39. The Hall–Kier alpha value is -2.04. The first-order chi connectivity index (χ1) is 9.16. The number of ether oxygens (including phenoxy) is 2. The van der Waals surface area contributed by atoms with Crippen LogP contribution in [-0.2, 0) is 4.74 Å². The summed E-state index contributed by atoms with van der Waals surface area (Å²) in [6.45, 7) is 4.57. The van der Waals surface area contributed by atoms with Crippen LogP contribution in [0.2, 0.25) is 0 Å². The van der Waals surface area contributed by atoms with Gasteiger partial charge in [-0.1, -0.05) is 0 Å². The number of nitrogens with one attached hydrogen (secondary N) is 1. The van der Waals surface area contributed by atoms with E-state index in [0.29, 0.717) is 5.56 Å². The number of aromatic nitrogens is 1. The highest BCUT2D eigenvalue weighted by Crippen LogP contribution is 2.18. The van der Waals surface area contributed by atoms with Crippen molar-refractivity contribution in [3.8, 4) is 5.88 Å². The molecule has 0 unspecified atom stereocenters. The highest BCUT2D eigenvalue weighted by Gasteiger charge is 2.16. The van der Waals surface area contributed by atoms with E-state index >= 15 is 0 Å². The number of hydrogen-bond acceptors (Lipinski definition) is 5. The maximum absolute atomic E-state index is 11.9. The van der Waals surface area contributed by atoms with E-state index in [9.17, 15) is 4.79 Å². The van der Waals surface area contributed by atoms with E-state index < -0.39 is 5.97 Å². The lowest BCUT2D eigenvalue weighted by atomic mass is 10.2. The first kappa shape index (κ1) is 13.4. The van der Waals surface area contributed by atoms with Gasteiger partial charge in [-0.05, 0) is 38.8 Å². The molecule has 1 aliphatic rings. The van der Waals surface area contributed by atoms with Crippen molar-refractivity contribution in [3.05, 3.63) is 35.9 Å². The van der Waals surface area contributed by atoms with Crippen molar-refractivity contribution < 1.29 is 14.3 Å². The number of carbonyl (C=O) groups excluding carboxylic acids is 1. The highest BCUT2D eigenvalue weighted by molar-refractivity contribution is 5.91. The lowest BCUT2D eigenvalue weighted by molar-refractivity contribution is 0.0374. The molecule has 5 heteroatoms. The molecule has 0 radical (unpaired) electrons. The van der Waals surface area contributed by atoms with E-state index in [0.717, 1.165) is 25.1 Å². The van der Waals surface area contributed by atoms with E-state index in [1.54, 1.807) is 38.4 Å². The molecule has 0 aliphatic carbocycles. The Morgan fingerprint density at radius 3 is 3.05 bits per heavy atom. The van der Waals surface area contributed by atoms with E-state index in [-0.39, 0.29) is 12.0 Å². The molecule has 0 spiro atoms. The van der Waals surface area contributed by atoms with Crippen molar-refractivity contribution in [2.45, 2.75) is 32.8 Å². The van der Waals surface area contributed by atoms with Crippen molar-refractivity contribution >= 4 is 5.97 Å². The Balaban J connectivity index is 2.11. The fourth-order valence-corrected chi connectivity index (χ4v) is 1.76. The molecular formula is C14H18N2O3. The second kappa shape index (κ2) is 6.22. The molecule has 1 saturated heterocycles. The fraction of sp³-hybridized carbons (Fsp3) is 0.429. The highest BCUT2D eigenvalue weighted by atomic mass is 16.5. The summed E-state index contributed by atoms with van der Waals surface area (Å²) in [7, 11) is 0. The number of esters is 1. The molecule has 19 heavy (non-hydrogen) atoms. The van der Waals surface area contributed by atoms with Crippen molar-refractivity contribution in [2.24, 2.45) is 0 Å². The molecule has 102 valence electrons. The van der Waals surface area contributed by atoms with Crippen LogP contribution < -0.4 is 10.1 Å². The van der Waals surface area contributed by atoms with Crippen LogP contribution in [-0.4, -0.2) is 23.6 Å². The molecule has 1 fully saturated rings. The molecule has 1 aliphatic heterocycles. The van der Waals surface area contributed by atoms with E-state index in [4.69, 9.17) is 9.47 Å². The largest absolute Gasteiger partial charge is 0.459 e. The summed E-state index contributed by atoms with van der Waals surface area (Å²) in [5, 5.41) is 3.20. The average Bonchev–Trinajstić information content (AvgIpc) is 2.89. The summed E-state index contributed by atoms with van der Waals surface area (Å²) < 4.78 is 10.6. The van der Waals surface area contributed by atoms with Gasteiger partial charge in [0.2, 0.25) is 5.88 Å². The maximum Gasteiger partial charge on any atom is 0.343 e. The molecular weight excluding hydrogens is 244 g/mol. The van der Waals surface area contributed by atoms with Gasteiger partial charge in [-0.15, -0.1) is 0 Å². The van der Waals surface area contributed by atoms with Crippen molar-refractivity contribution in [1.29, 1.82) is 0 Å². The Bertz CT molecular complexity index is 475. The molecule has 2 rings (SSSR count). The third kappa shape index (κ3) is 3.71. The Morgan fingerprint density at radius 1 is 1.53 bits per heavy atom. The zero-order valence-corrected chi connectivity index (χ0v) is 11.2. The van der Waals surface area contributed by atoms with Crippen LogP contribution in [0.4, 0.5) is 0 Å². The van der Waals surface area contributed by atoms with Crippen LogP contribution in [0, 0.1) is 0 Å². The summed E-state index contributed by atoms with van der Waals surface area (Å²) in [6.07, 6.45) is 5.08. The van der Waals surface area contributed by atoms with Gasteiger partial charge in [0.1, 0.15) is 11.8 Å². The van der Waals surface area contributed by atoms with Gasteiger partial charge in [0.15, 0.2) is 0 Å². The molecule has 5 nitrogen and oxygen atoms in total. The molecule has 1 N–H and O–H groups in total. The normalized spacial score (nSPS) is 16.5. The molecule has 0 atom stereocenters. The number of hydrogen-bond donors (Lipinski definition) is 1. The first-order valence-corrected chi connectivity index (χ1v) is 6.42. The lowest BCUT2D eigenvalue weighted by Gasteiger charge is -2.10. The maximum atomic E-state index is 11.9. The molecule has 0 saturated carbocycles. The molecule has 2 heterocycles. The minimum absolute atomic E-state index is 0.171. The average molecular weight is 262 g/mol. The predicted molar refractivity (Wildman–Crippen MR) is 70.7 cm³/mol. The van der Waals surface area contributed by atoms with Crippen molar-refractivity contribution in [1.82, 2.24) is 10.3 Å². The molecule has 0 bridgehead atoms. The molecule has 1 aromatic heterocycles. The summed E-state index contributed by atoms with van der Waals surface area (Å²) >= 11 is 0. The van der Waals surface area contributed by atoms with Gasteiger partial charge < -0.3 is 14.8 Å². The van der Waals surface area contributed by atoms with Crippen molar-refractivity contribution in [2.75, 3.05) is 6.54 Å². The molecule has 1 aromatic rings. The van der Waals surface area contributed by atoms with Gasteiger partial charge in [0, 0.05) is 18.4 Å². The minimum atomic E-state index is -0.420. The number of pyridine rings is 1. The summed E-state index contributed by atoms with van der Waals surface area (Å²) in [6, 6.07) is 3.33. The lowest BCUT2D eigenvalue weighted by Crippen LogP contribution is -2.13. The summed E-state index contributed by atoms with van der Waals surface area (Å²) in [4.78, 5) is 16.0. The van der Waals surface area contributed by atoms with E-state index in [1.807, 2.05) is 0 Å². The van der Waals surface area contributed by atoms with Gasteiger partial charge in [-0.2, -0.15) is 0 Å². The number of carbonyl (C=O) groups is 1. The standard InChI is InChI=1S/C14H18N2O3/c1-10(2)19-14(17)12-6-4-8-16-13(12)18-9-11-5-3-7-15-11/h4,6,8-10,15H,3,5,7H2,1-2H3/b11-9-. The van der Waals surface area contributed by atoms with Crippen LogP contribution in [0.5, 0.6) is 5.88 Å². The first-order valence-electron chi connectivity index (χ1n) is 6.42. The van der Waals surface area contributed by atoms with E-state index in [2.05, 4.69) is 10.3 Å². The van der Waals surface area contributed by atoms with Crippen LogP contribution >= 0.6 is 0 Å². The molecule has 0 aromatic carbocycles. The number of nitrogens with zero attached hydrogens (tertiary/aromatic N) is 1. The third-order valence-corrected chi connectivity index (χ3v) is 2.62. The SMILES string of the molecule is CC(C)OC(=O)c1cccnc1O/C=C1/CCCN1. The third-order valence-electron chi connectivity index (χ3n) is 2.62. The van der Waals surface area contributed by atoms with Gasteiger partial charge in [-0.25, -0.2) is 9.78 Å². The predicted octanol–water partition coefficient (Wildman–Crippen LogP) is 2.25. The van der Waals surface area contributed by atoms with Crippen LogP contribution in [0.15, 0.2) is 30.3 Å². The summed E-state index contributed by atoms with van der Waals surface area (Å²) in [5.41, 5.74) is 1.36. The Morgan fingerprint density at radius 2 is 2.37 bits per heavy atom. The van der Waals surface area contributed by atoms with Gasteiger partial charge in [-0.3, -0.25) is 0 Å². The molecule has 0 amide bonds. The monoisotopic (exact) mass is 262 g/mol. The van der Waals surface area contributed by atoms with E-state index in [1.165, 1.54) is 0 Å². The topological polar surface area (TPSA) is 60.5 Å². The summed E-state index contributed by atoms with van der Waals surface area (Å²) in [5.74, 6) is -0.148. The second-order valence-electron chi connectivity index (χ2n) is 4.60. The second-order valence-corrected chi connectivity index (χ2v) is 4.60. The quantitative estimate of drug-likeness (QED) is 0.666. The minimum Gasteiger partial charge on any atom is -0.459 e. The Labute approximate surface area is 112 Å². The van der Waals surface area contributed by atoms with Crippen LogP contribution in [0.25, 0.3) is 0 Å². The van der Waals surface area contributed by atoms with Crippen molar-refractivity contribution in [3.63, 3.8) is 0 Å². The zero-order chi connectivity index (χ0) is 13.7. The van der Waals surface area contributed by atoms with Crippen LogP contribution in [0.3, 0.4) is 0 Å². The smallest absolute Gasteiger partial charge is 0.343 e.